The summed E-state index contributed by atoms with van der Waals surface area (Å²) in [4.78, 5) is 10.9. The minimum absolute atomic E-state index is 0.0121. The number of sulfone groups is 1. The van der Waals surface area contributed by atoms with Gasteiger partial charge in [0.25, 0.3) is 0 Å². The lowest BCUT2D eigenvalue weighted by molar-refractivity contribution is -0.137. The van der Waals surface area contributed by atoms with Gasteiger partial charge in [-0.2, -0.15) is 0 Å². The molecule has 0 aromatic heterocycles. The first kappa shape index (κ1) is 12.6. The number of carbonyl (C=O) groups is 1. The van der Waals surface area contributed by atoms with Gasteiger partial charge in [-0.15, -0.1) is 0 Å². The van der Waals surface area contributed by atoms with Crippen LogP contribution in [-0.2, 0) is 14.6 Å². The number of halogens is 1. The van der Waals surface area contributed by atoms with Crippen molar-refractivity contribution in [2.75, 3.05) is 5.75 Å². The molecule has 2 rings (SSSR count). The van der Waals surface area contributed by atoms with Crippen LogP contribution in [0.5, 0.6) is 0 Å². The molecule has 1 atom stereocenters. The molecule has 17 heavy (non-hydrogen) atoms. The molecule has 0 radical (unpaired) electrons. The highest BCUT2D eigenvalue weighted by Gasteiger charge is 2.35. The number of fused-ring (bicyclic) bond motifs is 1. The average molecular weight is 319 g/mol. The van der Waals surface area contributed by atoms with Gasteiger partial charge in [0.15, 0.2) is 9.84 Å². The number of carboxylic acid groups (broad SMARTS) is 1. The number of carboxylic acids is 1. The summed E-state index contributed by atoms with van der Waals surface area (Å²) in [5.74, 6) is -1.11. The lowest BCUT2D eigenvalue weighted by Crippen LogP contribution is -2.06. The van der Waals surface area contributed by atoms with Crippen molar-refractivity contribution in [1.29, 1.82) is 0 Å². The maximum atomic E-state index is 11.9. The van der Waals surface area contributed by atoms with Crippen LogP contribution < -0.4 is 0 Å². The van der Waals surface area contributed by atoms with Gasteiger partial charge in [-0.05, 0) is 24.1 Å². The predicted molar refractivity (Wildman–Crippen MR) is 65.8 cm³/mol. The molecular weight excluding hydrogens is 308 g/mol. The molecule has 4 nitrogen and oxygen atoms in total. The van der Waals surface area contributed by atoms with E-state index in [2.05, 4.69) is 15.9 Å². The number of rotatable bonds is 3. The third-order valence-electron chi connectivity index (χ3n) is 2.88. The summed E-state index contributed by atoms with van der Waals surface area (Å²) in [5, 5.41) is 8.66. The molecule has 6 heteroatoms. The van der Waals surface area contributed by atoms with Crippen LogP contribution in [0.25, 0.3) is 0 Å². The van der Waals surface area contributed by atoms with Crippen molar-refractivity contribution in [3.63, 3.8) is 0 Å². The van der Waals surface area contributed by atoms with Crippen molar-refractivity contribution in [2.45, 2.75) is 23.7 Å². The summed E-state index contributed by atoms with van der Waals surface area (Å²) < 4.78 is 24.5. The van der Waals surface area contributed by atoms with E-state index >= 15 is 0 Å². The Hall–Kier alpha value is -0.880. The van der Waals surface area contributed by atoms with Crippen LogP contribution in [0.2, 0.25) is 0 Å². The fraction of sp³-hybridized carbons (Fsp3) is 0.364. The highest BCUT2D eigenvalue weighted by atomic mass is 79.9. The molecule has 92 valence electrons. The van der Waals surface area contributed by atoms with Crippen LogP contribution in [0.15, 0.2) is 27.6 Å². The second-order valence-electron chi connectivity index (χ2n) is 4.06. The Morgan fingerprint density at radius 2 is 2.18 bits per heavy atom. The van der Waals surface area contributed by atoms with E-state index in [1.807, 2.05) is 0 Å². The van der Waals surface area contributed by atoms with E-state index in [9.17, 15) is 13.2 Å². The first-order valence-corrected chi connectivity index (χ1v) is 7.59. The summed E-state index contributed by atoms with van der Waals surface area (Å²) in [7, 11) is -3.25. The maximum Gasteiger partial charge on any atom is 0.303 e. The Balaban J connectivity index is 2.40. The molecule has 1 heterocycles. The van der Waals surface area contributed by atoms with Crippen molar-refractivity contribution in [2.24, 2.45) is 0 Å². The number of benzene rings is 1. The van der Waals surface area contributed by atoms with E-state index in [1.165, 1.54) is 0 Å². The van der Waals surface area contributed by atoms with Gasteiger partial charge in [0.05, 0.1) is 10.6 Å². The normalized spacial score (nSPS) is 21.1. The third-order valence-corrected chi connectivity index (χ3v) is 5.44. The van der Waals surface area contributed by atoms with Crippen LogP contribution in [0.3, 0.4) is 0 Å². The molecule has 1 N–H and O–H groups in total. The van der Waals surface area contributed by atoms with Crippen molar-refractivity contribution in [1.82, 2.24) is 0 Å². The minimum atomic E-state index is -3.25. The molecule has 0 saturated carbocycles. The average Bonchev–Trinajstić information content (AvgIpc) is 2.49. The van der Waals surface area contributed by atoms with Gasteiger partial charge in [-0.25, -0.2) is 8.42 Å². The number of hydrogen-bond acceptors (Lipinski definition) is 3. The molecule has 1 aromatic rings. The van der Waals surface area contributed by atoms with Crippen LogP contribution in [0, 0.1) is 0 Å². The van der Waals surface area contributed by atoms with Crippen LogP contribution in [-0.4, -0.2) is 25.2 Å². The first-order chi connectivity index (χ1) is 7.92. The molecule has 1 aromatic carbocycles. The molecule has 1 aliphatic rings. The zero-order chi connectivity index (χ0) is 12.6. The minimum Gasteiger partial charge on any atom is -0.481 e. The molecule has 0 amide bonds. The molecule has 0 fully saturated rings. The standard InChI is InChI=1S/C11H11BrO4S/c12-8-2-1-3-9-11(8)7(4-5-10(13)14)6-17(9,15)16/h1-3,7H,4-6H2,(H,13,14). The summed E-state index contributed by atoms with van der Waals surface area (Å²) in [5.41, 5.74) is 0.730. The van der Waals surface area contributed by atoms with E-state index in [-0.39, 0.29) is 18.1 Å². The molecule has 1 aliphatic heterocycles. The van der Waals surface area contributed by atoms with Crippen molar-refractivity contribution in [3.8, 4) is 0 Å². The van der Waals surface area contributed by atoms with Crippen molar-refractivity contribution in [3.05, 3.63) is 28.2 Å². The predicted octanol–water partition coefficient (Wildman–Crippen LogP) is 2.18. The lowest BCUT2D eigenvalue weighted by atomic mass is 9.96. The topological polar surface area (TPSA) is 71.4 Å². The zero-order valence-electron chi connectivity index (χ0n) is 8.89. The zero-order valence-corrected chi connectivity index (χ0v) is 11.3. The van der Waals surface area contributed by atoms with E-state index in [1.54, 1.807) is 18.2 Å². The Morgan fingerprint density at radius 1 is 1.47 bits per heavy atom. The van der Waals surface area contributed by atoms with Crippen LogP contribution in [0.1, 0.15) is 24.3 Å². The third kappa shape index (κ3) is 2.37. The molecule has 1 unspecified atom stereocenters. The van der Waals surface area contributed by atoms with Gasteiger partial charge in [0.2, 0.25) is 0 Å². The van der Waals surface area contributed by atoms with Gasteiger partial charge in [-0.3, -0.25) is 4.79 Å². The van der Waals surface area contributed by atoms with Crippen LogP contribution in [0.4, 0.5) is 0 Å². The monoisotopic (exact) mass is 318 g/mol. The largest absolute Gasteiger partial charge is 0.481 e. The Labute approximate surface area is 108 Å². The molecule has 0 spiro atoms. The fourth-order valence-corrected chi connectivity index (χ4v) is 4.91. The van der Waals surface area contributed by atoms with E-state index in [0.717, 1.165) is 10.0 Å². The van der Waals surface area contributed by atoms with Gasteiger partial charge in [0, 0.05) is 16.8 Å². The van der Waals surface area contributed by atoms with Crippen molar-refractivity contribution < 1.29 is 18.3 Å². The highest BCUT2D eigenvalue weighted by Crippen LogP contribution is 2.41. The Morgan fingerprint density at radius 3 is 2.82 bits per heavy atom. The second-order valence-corrected chi connectivity index (χ2v) is 6.92. The lowest BCUT2D eigenvalue weighted by Gasteiger charge is -2.09. The fourth-order valence-electron chi connectivity index (χ4n) is 2.15. The maximum absolute atomic E-state index is 11.9. The van der Waals surface area contributed by atoms with Gasteiger partial charge in [0.1, 0.15) is 0 Å². The summed E-state index contributed by atoms with van der Waals surface area (Å²) >= 11 is 3.33. The molecular formula is C11H11BrO4S. The van der Waals surface area contributed by atoms with E-state index in [0.29, 0.717) is 11.3 Å². The number of aliphatic carboxylic acids is 1. The summed E-state index contributed by atoms with van der Waals surface area (Å²) in [6.45, 7) is 0. The second kappa shape index (κ2) is 4.42. The number of hydrogen-bond donors (Lipinski definition) is 1. The quantitative estimate of drug-likeness (QED) is 0.927. The summed E-state index contributed by atoms with van der Waals surface area (Å²) in [6.07, 6.45) is 0.338. The summed E-state index contributed by atoms with van der Waals surface area (Å²) in [6, 6.07) is 5.05. The van der Waals surface area contributed by atoms with E-state index in [4.69, 9.17) is 5.11 Å². The molecule has 0 aliphatic carbocycles. The molecule has 0 bridgehead atoms. The first-order valence-electron chi connectivity index (χ1n) is 5.15. The highest BCUT2D eigenvalue weighted by molar-refractivity contribution is 9.10. The van der Waals surface area contributed by atoms with Crippen molar-refractivity contribution >= 4 is 31.7 Å². The van der Waals surface area contributed by atoms with Gasteiger partial charge < -0.3 is 5.11 Å². The Kier molecular flexibility index (Phi) is 3.27. The van der Waals surface area contributed by atoms with Crippen LogP contribution >= 0.6 is 15.9 Å². The Bertz CT molecular complexity index is 565. The SMILES string of the molecule is O=C(O)CCC1CS(=O)(=O)c2cccc(Br)c21. The van der Waals surface area contributed by atoms with E-state index < -0.39 is 15.8 Å². The molecule has 0 saturated heterocycles. The smallest absolute Gasteiger partial charge is 0.303 e. The van der Waals surface area contributed by atoms with Gasteiger partial charge >= 0.3 is 5.97 Å². The van der Waals surface area contributed by atoms with Gasteiger partial charge in [-0.1, -0.05) is 22.0 Å².